The van der Waals surface area contributed by atoms with E-state index in [0.29, 0.717) is 11.3 Å². The lowest BCUT2D eigenvalue weighted by Gasteiger charge is -2.57. The number of benzene rings is 1. The number of amides is 1. The molecule has 1 aromatic rings. The Labute approximate surface area is 164 Å². The van der Waals surface area contributed by atoms with E-state index >= 15 is 0 Å². The molecule has 146 valence electrons. The molecule has 4 bridgehead atoms. The molecule has 27 heavy (non-hydrogen) atoms. The molecule has 1 amide bonds. The van der Waals surface area contributed by atoms with Crippen LogP contribution in [0.2, 0.25) is 0 Å². The summed E-state index contributed by atoms with van der Waals surface area (Å²) < 4.78 is 0. The van der Waals surface area contributed by atoms with Gasteiger partial charge in [-0.25, -0.2) is 0 Å². The van der Waals surface area contributed by atoms with E-state index in [1.165, 1.54) is 55.3 Å². The molecule has 0 atom stereocenters. The van der Waals surface area contributed by atoms with Crippen molar-refractivity contribution in [2.75, 3.05) is 31.1 Å². The van der Waals surface area contributed by atoms with Crippen molar-refractivity contribution in [2.24, 2.45) is 23.2 Å². The quantitative estimate of drug-likeness (QED) is 0.783. The van der Waals surface area contributed by atoms with Crippen LogP contribution in [-0.2, 0) is 4.79 Å². The monoisotopic (exact) mass is 366 g/mol. The lowest BCUT2D eigenvalue weighted by atomic mass is 9.49. The van der Waals surface area contributed by atoms with Gasteiger partial charge in [-0.1, -0.05) is 12.1 Å². The van der Waals surface area contributed by atoms with Crippen molar-refractivity contribution in [1.82, 2.24) is 4.90 Å². The fourth-order valence-electron chi connectivity index (χ4n) is 7.21. The largest absolute Gasteiger partial charge is 0.368 e. The highest BCUT2D eigenvalue weighted by molar-refractivity contribution is 5.77. The van der Waals surface area contributed by atoms with Gasteiger partial charge in [0.1, 0.15) is 0 Å². The lowest BCUT2D eigenvalue weighted by molar-refractivity contribution is -0.139. The number of hydrogen-bond donors (Lipinski definition) is 0. The van der Waals surface area contributed by atoms with E-state index in [2.05, 4.69) is 41.8 Å². The molecule has 1 aromatic carbocycles. The molecule has 1 saturated heterocycles. The molecular weight excluding hydrogens is 332 g/mol. The number of hydrogen-bond acceptors (Lipinski definition) is 2. The van der Waals surface area contributed by atoms with Crippen LogP contribution in [-0.4, -0.2) is 37.0 Å². The Balaban J connectivity index is 1.21. The van der Waals surface area contributed by atoms with Crippen LogP contribution < -0.4 is 4.90 Å². The molecule has 3 nitrogen and oxygen atoms in total. The normalized spacial score (nSPS) is 35.0. The van der Waals surface area contributed by atoms with E-state index in [1.54, 1.807) is 0 Å². The minimum absolute atomic E-state index is 0.371. The van der Waals surface area contributed by atoms with Gasteiger partial charge in [-0.05, 0) is 92.7 Å². The summed E-state index contributed by atoms with van der Waals surface area (Å²) in [6.45, 7) is 8.12. The number of anilines is 1. The number of nitrogens with zero attached hydrogens (tertiary/aromatic N) is 2. The molecule has 6 rings (SSSR count). The van der Waals surface area contributed by atoms with Crippen LogP contribution >= 0.6 is 0 Å². The van der Waals surface area contributed by atoms with E-state index in [-0.39, 0.29) is 0 Å². The molecule has 0 aromatic heterocycles. The van der Waals surface area contributed by atoms with Crippen LogP contribution in [0.1, 0.15) is 56.1 Å². The van der Waals surface area contributed by atoms with E-state index in [4.69, 9.17) is 0 Å². The predicted molar refractivity (Wildman–Crippen MR) is 110 cm³/mol. The van der Waals surface area contributed by atoms with E-state index in [9.17, 15) is 4.79 Å². The third-order valence-electron chi connectivity index (χ3n) is 8.24. The number of rotatable bonds is 3. The van der Waals surface area contributed by atoms with Gasteiger partial charge < -0.3 is 9.80 Å². The predicted octanol–water partition coefficient (Wildman–Crippen LogP) is 4.56. The highest BCUT2D eigenvalue weighted by Crippen LogP contribution is 2.61. The minimum atomic E-state index is 0.371. The Morgan fingerprint density at radius 2 is 1.56 bits per heavy atom. The Morgan fingerprint density at radius 3 is 2.15 bits per heavy atom. The first-order valence-corrected chi connectivity index (χ1v) is 11.1. The molecule has 5 fully saturated rings. The van der Waals surface area contributed by atoms with Gasteiger partial charge in [0, 0.05) is 38.3 Å². The average molecular weight is 367 g/mol. The zero-order chi connectivity index (χ0) is 18.6. The van der Waals surface area contributed by atoms with E-state index in [0.717, 1.165) is 50.4 Å². The second-order valence-electron chi connectivity index (χ2n) is 10.2. The van der Waals surface area contributed by atoms with Gasteiger partial charge in [0.2, 0.25) is 5.91 Å². The molecular formula is C24H34N2O. The smallest absolute Gasteiger partial charge is 0.223 e. The molecule has 0 N–H and O–H groups in total. The second-order valence-corrected chi connectivity index (χ2v) is 10.2. The molecule has 1 heterocycles. The van der Waals surface area contributed by atoms with Gasteiger partial charge in [0.15, 0.2) is 0 Å². The van der Waals surface area contributed by atoms with Crippen LogP contribution in [0.3, 0.4) is 0 Å². The SMILES string of the molecule is Cc1cccc(N2CCN(C(=O)CC34CC5CC(CC(C5)C3)C4)CC2)c1C. The van der Waals surface area contributed by atoms with Crippen LogP contribution in [0, 0.1) is 37.0 Å². The Hall–Kier alpha value is -1.51. The summed E-state index contributed by atoms with van der Waals surface area (Å²) in [5.74, 6) is 3.25. The van der Waals surface area contributed by atoms with Crippen molar-refractivity contribution in [3.63, 3.8) is 0 Å². The first-order valence-electron chi connectivity index (χ1n) is 11.1. The van der Waals surface area contributed by atoms with E-state index < -0.39 is 0 Å². The lowest BCUT2D eigenvalue weighted by Crippen LogP contribution is -2.52. The molecule has 5 aliphatic rings. The summed E-state index contributed by atoms with van der Waals surface area (Å²) in [5.41, 5.74) is 4.46. The van der Waals surface area contributed by atoms with Crippen LogP contribution in [0.5, 0.6) is 0 Å². The zero-order valence-corrected chi connectivity index (χ0v) is 17.0. The maximum atomic E-state index is 13.2. The first-order chi connectivity index (χ1) is 13.0. The van der Waals surface area contributed by atoms with Crippen molar-refractivity contribution in [1.29, 1.82) is 0 Å². The number of aryl methyl sites for hydroxylation is 1. The summed E-state index contributed by atoms with van der Waals surface area (Å²) in [6.07, 6.45) is 9.24. The van der Waals surface area contributed by atoms with Crippen molar-refractivity contribution < 1.29 is 4.79 Å². The summed E-state index contributed by atoms with van der Waals surface area (Å²) in [7, 11) is 0. The molecule has 0 spiro atoms. The van der Waals surface area contributed by atoms with Crippen molar-refractivity contribution >= 4 is 11.6 Å². The standard InChI is InChI=1S/C24H34N2O/c1-17-4-3-5-22(18(17)2)25-6-8-26(9-7-25)23(27)16-24-13-19-10-20(14-24)12-21(11-19)15-24/h3-5,19-21H,6-16H2,1-2H3. The third-order valence-corrected chi connectivity index (χ3v) is 8.24. The third kappa shape index (κ3) is 3.17. The molecule has 4 saturated carbocycles. The molecule has 0 unspecified atom stereocenters. The maximum absolute atomic E-state index is 13.2. The molecule has 1 aliphatic heterocycles. The molecule has 3 heteroatoms. The number of carbonyl (C=O) groups is 1. The molecule has 0 radical (unpaired) electrons. The summed E-state index contributed by atoms with van der Waals surface area (Å²) in [4.78, 5) is 17.8. The first kappa shape index (κ1) is 17.6. The minimum Gasteiger partial charge on any atom is -0.368 e. The second kappa shape index (κ2) is 6.53. The maximum Gasteiger partial charge on any atom is 0.223 e. The van der Waals surface area contributed by atoms with Crippen molar-refractivity contribution in [2.45, 2.75) is 58.8 Å². The zero-order valence-electron chi connectivity index (χ0n) is 17.0. The average Bonchev–Trinajstić information content (AvgIpc) is 2.63. The Kier molecular flexibility index (Phi) is 4.25. The van der Waals surface area contributed by atoms with Crippen molar-refractivity contribution in [3.8, 4) is 0 Å². The van der Waals surface area contributed by atoms with Gasteiger partial charge in [-0.15, -0.1) is 0 Å². The van der Waals surface area contributed by atoms with Gasteiger partial charge in [0.25, 0.3) is 0 Å². The van der Waals surface area contributed by atoms with Gasteiger partial charge in [-0.3, -0.25) is 4.79 Å². The van der Waals surface area contributed by atoms with Crippen LogP contribution in [0.25, 0.3) is 0 Å². The van der Waals surface area contributed by atoms with Crippen LogP contribution in [0.15, 0.2) is 18.2 Å². The number of carbonyl (C=O) groups excluding carboxylic acids is 1. The fourth-order valence-corrected chi connectivity index (χ4v) is 7.21. The fraction of sp³-hybridized carbons (Fsp3) is 0.708. The Bertz CT molecular complexity index is 697. The topological polar surface area (TPSA) is 23.6 Å². The van der Waals surface area contributed by atoms with Gasteiger partial charge >= 0.3 is 0 Å². The highest BCUT2D eigenvalue weighted by Gasteiger charge is 2.51. The Morgan fingerprint density at radius 1 is 0.963 bits per heavy atom. The van der Waals surface area contributed by atoms with Gasteiger partial charge in [0.05, 0.1) is 0 Å². The van der Waals surface area contributed by atoms with Crippen molar-refractivity contribution in [3.05, 3.63) is 29.3 Å². The van der Waals surface area contributed by atoms with Gasteiger partial charge in [-0.2, -0.15) is 0 Å². The summed E-state index contributed by atoms with van der Waals surface area (Å²) in [6, 6.07) is 6.57. The number of piperazine rings is 1. The molecule has 4 aliphatic carbocycles. The summed E-state index contributed by atoms with van der Waals surface area (Å²) in [5, 5.41) is 0. The summed E-state index contributed by atoms with van der Waals surface area (Å²) >= 11 is 0. The van der Waals surface area contributed by atoms with E-state index in [1.807, 2.05) is 0 Å². The van der Waals surface area contributed by atoms with Crippen LogP contribution in [0.4, 0.5) is 5.69 Å². The highest BCUT2D eigenvalue weighted by atomic mass is 16.2.